The van der Waals surface area contributed by atoms with Crippen molar-refractivity contribution in [3.63, 3.8) is 0 Å². The zero-order chi connectivity index (χ0) is 19.6. The van der Waals surface area contributed by atoms with E-state index in [0.29, 0.717) is 0 Å². The van der Waals surface area contributed by atoms with Crippen molar-refractivity contribution in [3.8, 4) is 5.75 Å². The van der Waals surface area contributed by atoms with Gasteiger partial charge in [0.05, 0.1) is 6.20 Å². The second-order valence-electron chi connectivity index (χ2n) is 5.56. The first-order chi connectivity index (χ1) is 12.8. The number of amides is 1. The van der Waals surface area contributed by atoms with Gasteiger partial charge in [0.1, 0.15) is 12.4 Å². The van der Waals surface area contributed by atoms with Crippen LogP contribution in [0.2, 0.25) is 0 Å². The summed E-state index contributed by atoms with van der Waals surface area (Å²) in [6, 6.07) is 2.75. The van der Waals surface area contributed by atoms with Crippen LogP contribution in [0.15, 0.2) is 35.0 Å². The molecule has 0 bridgehead atoms. The van der Waals surface area contributed by atoms with Gasteiger partial charge < -0.3 is 14.5 Å². The topological polar surface area (TPSA) is 69.3 Å². The van der Waals surface area contributed by atoms with Gasteiger partial charge in [-0.3, -0.25) is 9.48 Å². The molecule has 27 heavy (non-hydrogen) atoms. The van der Waals surface area contributed by atoms with E-state index in [4.69, 9.17) is 9.15 Å². The molecule has 10 heteroatoms. The maximum atomic E-state index is 13.5. The van der Waals surface area contributed by atoms with E-state index in [1.807, 2.05) is 0 Å². The Kier molecular flexibility index (Phi) is 5.15. The third kappa shape index (κ3) is 4.10. The lowest BCUT2D eigenvalue weighted by Gasteiger charge is -2.08. The van der Waals surface area contributed by atoms with Gasteiger partial charge in [0, 0.05) is 31.4 Å². The molecule has 0 aliphatic heterocycles. The molecule has 0 atom stereocenters. The first kappa shape index (κ1) is 18.5. The van der Waals surface area contributed by atoms with E-state index in [1.54, 1.807) is 24.1 Å². The van der Waals surface area contributed by atoms with E-state index >= 15 is 0 Å². The number of halogens is 4. The molecule has 142 valence electrons. The Morgan fingerprint density at radius 2 is 1.93 bits per heavy atom. The molecule has 0 fully saturated rings. The van der Waals surface area contributed by atoms with Crippen molar-refractivity contribution in [2.45, 2.75) is 13.2 Å². The monoisotopic (exact) mass is 383 g/mol. The molecule has 2 heterocycles. The van der Waals surface area contributed by atoms with Crippen LogP contribution in [0.1, 0.15) is 21.9 Å². The number of benzene rings is 1. The fourth-order valence-corrected chi connectivity index (χ4v) is 2.23. The molecule has 0 saturated carbocycles. The fraction of sp³-hybridized carbons (Fsp3) is 0.176. The Balaban J connectivity index is 1.62. The number of hydrogen-bond acceptors (Lipinski definition) is 4. The van der Waals surface area contributed by atoms with Crippen LogP contribution < -0.4 is 10.1 Å². The van der Waals surface area contributed by atoms with Gasteiger partial charge in [0.15, 0.2) is 23.1 Å². The van der Waals surface area contributed by atoms with Gasteiger partial charge in [-0.2, -0.15) is 13.9 Å². The second kappa shape index (κ2) is 7.52. The molecule has 1 amide bonds. The minimum absolute atomic E-state index is 0.0324. The highest BCUT2D eigenvalue weighted by Crippen LogP contribution is 2.27. The molecular formula is C17H13F4N3O3. The number of carbonyl (C=O) groups is 1. The fourth-order valence-electron chi connectivity index (χ4n) is 2.23. The van der Waals surface area contributed by atoms with Gasteiger partial charge >= 0.3 is 0 Å². The third-order valence-corrected chi connectivity index (χ3v) is 3.53. The highest BCUT2D eigenvalue weighted by atomic mass is 19.2. The summed E-state index contributed by atoms with van der Waals surface area (Å²) >= 11 is 0. The summed E-state index contributed by atoms with van der Waals surface area (Å²) in [7, 11) is 1.74. The molecule has 0 unspecified atom stereocenters. The van der Waals surface area contributed by atoms with Crippen LogP contribution in [0.25, 0.3) is 0 Å². The minimum Gasteiger partial charge on any atom is -0.479 e. The van der Waals surface area contributed by atoms with Crippen LogP contribution in [-0.4, -0.2) is 15.7 Å². The lowest BCUT2D eigenvalue weighted by Crippen LogP contribution is -2.22. The summed E-state index contributed by atoms with van der Waals surface area (Å²) in [6.07, 6.45) is 3.31. The number of carbonyl (C=O) groups excluding carboxylic acids is 1. The predicted molar refractivity (Wildman–Crippen MR) is 83.7 cm³/mol. The number of hydrogen-bond donors (Lipinski definition) is 1. The Hall–Kier alpha value is -3.30. The van der Waals surface area contributed by atoms with E-state index in [0.717, 1.165) is 5.56 Å². The van der Waals surface area contributed by atoms with Gasteiger partial charge in [0.2, 0.25) is 11.6 Å². The van der Waals surface area contributed by atoms with Crippen molar-refractivity contribution in [2.75, 3.05) is 0 Å². The average molecular weight is 383 g/mol. The summed E-state index contributed by atoms with van der Waals surface area (Å²) < 4.78 is 64.9. The summed E-state index contributed by atoms with van der Waals surface area (Å²) in [4.78, 5) is 12.0. The normalized spacial score (nSPS) is 10.9. The van der Waals surface area contributed by atoms with Gasteiger partial charge in [-0.05, 0) is 12.1 Å². The van der Waals surface area contributed by atoms with Gasteiger partial charge in [-0.1, -0.05) is 0 Å². The number of furan rings is 1. The molecule has 1 N–H and O–H groups in total. The lowest BCUT2D eigenvalue weighted by molar-refractivity contribution is 0.0918. The molecule has 0 radical (unpaired) electrons. The number of rotatable bonds is 6. The molecule has 6 nitrogen and oxygen atoms in total. The van der Waals surface area contributed by atoms with Crippen molar-refractivity contribution in [1.29, 1.82) is 0 Å². The second-order valence-corrected chi connectivity index (χ2v) is 5.56. The number of nitrogens with one attached hydrogen (secondary N) is 1. The predicted octanol–water partition coefficient (Wildman–Crippen LogP) is 3.08. The number of aryl methyl sites for hydroxylation is 1. The Morgan fingerprint density at radius 1 is 1.22 bits per heavy atom. The summed E-state index contributed by atoms with van der Waals surface area (Å²) in [5.41, 5.74) is 0.778. The van der Waals surface area contributed by atoms with Gasteiger partial charge in [-0.15, -0.1) is 0 Å². The highest BCUT2D eigenvalue weighted by molar-refractivity contribution is 5.91. The summed E-state index contributed by atoms with van der Waals surface area (Å²) in [5.74, 6) is -8.25. The maximum Gasteiger partial charge on any atom is 0.287 e. The van der Waals surface area contributed by atoms with Crippen LogP contribution in [0.3, 0.4) is 0 Å². The summed E-state index contributed by atoms with van der Waals surface area (Å²) in [5, 5.41) is 6.56. The molecule has 0 saturated heterocycles. The number of nitrogens with zero attached hydrogens (tertiary/aromatic N) is 2. The minimum atomic E-state index is -1.66. The van der Waals surface area contributed by atoms with Crippen molar-refractivity contribution in [2.24, 2.45) is 7.05 Å². The molecule has 0 aliphatic carbocycles. The molecule has 3 rings (SSSR count). The maximum absolute atomic E-state index is 13.5. The van der Waals surface area contributed by atoms with E-state index in [-0.39, 0.29) is 24.1 Å². The van der Waals surface area contributed by atoms with E-state index < -0.39 is 41.5 Å². The molecule has 2 aromatic heterocycles. The zero-order valence-corrected chi connectivity index (χ0v) is 13.9. The van der Waals surface area contributed by atoms with E-state index in [9.17, 15) is 22.4 Å². The standard InChI is InChI=1S/C17H13F4N3O3/c1-24-7-9(6-23-24)5-22-17(25)13-3-2-10(27-13)8-26-16-14(20)11(18)4-12(19)15(16)21/h2-4,6-7H,5,8H2,1H3,(H,22,25). The zero-order valence-electron chi connectivity index (χ0n) is 13.9. The van der Waals surface area contributed by atoms with Crippen molar-refractivity contribution < 1.29 is 31.5 Å². The Morgan fingerprint density at radius 3 is 2.56 bits per heavy atom. The van der Waals surface area contributed by atoms with Crippen molar-refractivity contribution in [3.05, 3.63) is 70.9 Å². The quantitative estimate of drug-likeness (QED) is 0.525. The smallest absolute Gasteiger partial charge is 0.287 e. The Labute approximate surface area is 150 Å². The molecule has 0 aliphatic rings. The SMILES string of the molecule is Cn1cc(CNC(=O)c2ccc(COc3c(F)c(F)cc(F)c3F)o2)cn1. The van der Waals surface area contributed by atoms with Crippen LogP contribution in [-0.2, 0) is 20.2 Å². The van der Waals surface area contributed by atoms with Crippen molar-refractivity contribution >= 4 is 5.91 Å². The lowest BCUT2D eigenvalue weighted by atomic mass is 10.3. The first-order valence-corrected chi connectivity index (χ1v) is 7.65. The van der Waals surface area contributed by atoms with Crippen LogP contribution in [0.5, 0.6) is 5.75 Å². The molecular weight excluding hydrogens is 370 g/mol. The molecule has 1 aromatic carbocycles. The Bertz CT molecular complexity index is 958. The van der Waals surface area contributed by atoms with Crippen LogP contribution in [0.4, 0.5) is 17.6 Å². The van der Waals surface area contributed by atoms with E-state index in [2.05, 4.69) is 10.4 Å². The highest BCUT2D eigenvalue weighted by Gasteiger charge is 2.21. The van der Waals surface area contributed by atoms with Crippen LogP contribution >= 0.6 is 0 Å². The largest absolute Gasteiger partial charge is 0.479 e. The van der Waals surface area contributed by atoms with Gasteiger partial charge in [0.25, 0.3) is 5.91 Å². The first-order valence-electron chi connectivity index (χ1n) is 7.65. The summed E-state index contributed by atoms with van der Waals surface area (Å²) in [6.45, 7) is -0.315. The average Bonchev–Trinajstić information content (AvgIpc) is 3.27. The number of ether oxygens (including phenoxy) is 1. The number of aromatic nitrogens is 2. The third-order valence-electron chi connectivity index (χ3n) is 3.53. The molecule has 3 aromatic rings. The van der Waals surface area contributed by atoms with Crippen molar-refractivity contribution in [1.82, 2.24) is 15.1 Å². The van der Waals surface area contributed by atoms with E-state index in [1.165, 1.54) is 12.1 Å². The van der Waals surface area contributed by atoms with Gasteiger partial charge in [-0.25, -0.2) is 8.78 Å². The van der Waals surface area contributed by atoms with Crippen LogP contribution in [0, 0.1) is 23.3 Å². The molecule has 0 spiro atoms.